The summed E-state index contributed by atoms with van der Waals surface area (Å²) in [5.74, 6) is 0.643. The maximum Gasteiger partial charge on any atom is 0.231 e. The largest absolute Gasteiger partial charge is 0.345 e. The van der Waals surface area contributed by atoms with Gasteiger partial charge < -0.3 is 9.88 Å². The van der Waals surface area contributed by atoms with Crippen molar-refractivity contribution in [1.82, 2.24) is 20.1 Å². The molecule has 0 radical (unpaired) electrons. The molecule has 1 N–H and O–H groups in total. The standard InChI is InChI=1S/C25H30N4O2S/c1-17(30)21(15-18-9-7-6-8-10-18)26-22(31)16-32-24-28-27-23(29(24)5)19-11-13-20(14-12-19)25(2,3)4/h6-14,21H,15-16H2,1-5H3,(H,26,31)/t21-/m0/s1. The van der Waals surface area contributed by atoms with Gasteiger partial charge in [-0.2, -0.15) is 0 Å². The van der Waals surface area contributed by atoms with Gasteiger partial charge in [-0.05, 0) is 29.9 Å². The van der Waals surface area contributed by atoms with Gasteiger partial charge in [-0.25, -0.2) is 0 Å². The summed E-state index contributed by atoms with van der Waals surface area (Å²) >= 11 is 1.30. The molecular formula is C25H30N4O2S. The Morgan fingerprint density at radius 2 is 1.69 bits per heavy atom. The topological polar surface area (TPSA) is 76.9 Å². The summed E-state index contributed by atoms with van der Waals surface area (Å²) in [5, 5.41) is 12.1. The van der Waals surface area contributed by atoms with Gasteiger partial charge in [0, 0.05) is 12.6 Å². The SMILES string of the molecule is CC(=O)[C@H](Cc1ccccc1)NC(=O)CSc1nnc(-c2ccc(C(C)(C)C)cc2)n1C. The Morgan fingerprint density at radius 1 is 1.03 bits per heavy atom. The number of nitrogens with one attached hydrogen (secondary N) is 1. The van der Waals surface area contributed by atoms with Crippen LogP contribution >= 0.6 is 11.8 Å². The molecule has 0 spiro atoms. The van der Waals surface area contributed by atoms with Crippen LogP contribution in [0.4, 0.5) is 0 Å². The fraction of sp³-hybridized carbons (Fsp3) is 0.360. The lowest BCUT2D eigenvalue weighted by Gasteiger charge is -2.19. The summed E-state index contributed by atoms with van der Waals surface area (Å²) < 4.78 is 1.89. The van der Waals surface area contributed by atoms with Crippen LogP contribution in [-0.2, 0) is 28.5 Å². The van der Waals surface area contributed by atoms with Gasteiger partial charge in [-0.1, -0.05) is 87.1 Å². The normalized spacial score (nSPS) is 12.4. The van der Waals surface area contributed by atoms with Crippen LogP contribution in [0.25, 0.3) is 11.4 Å². The number of thioether (sulfide) groups is 1. The predicted octanol–water partition coefficient (Wildman–Crippen LogP) is 4.19. The first-order valence-corrected chi connectivity index (χ1v) is 11.6. The molecule has 0 bridgehead atoms. The highest BCUT2D eigenvalue weighted by Gasteiger charge is 2.19. The Balaban J connectivity index is 1.61. The van der Waals surface area contributed by atoms with E-state index in [2.05, 4.69) is 48.4 Å². The van der Waals surface area contributed by atoms with Crippen LogP contribution in [-0.4, -0.2) is 38.2 Å². The molecule has 0 fully saturated rings. The fourth-order valence-corrected chi connectivity index (χ4v) is 4.05. The van der Waals surface area contributed by atoms with Crippen molar-refractivity contribution in [3.63, 3.8) is 0 Å². The summed E-state index contributed by atoms with van der Waals surface area (Å²) in [7, 11) is 1.89. The second kappa shape index (κ2) is 10.1. The third-order valence-corrected chi connectivity index (χ3v) is 6.31. The Kier molecular flexibility index (Phi) is 7.51. The number of nitrogens with zero attached hydrogens (tertiary/aromatic N) is 3. The molecular weight excluding hydrogens is 420 g/mol. The Labute approximate surface area is 193 Å². The number of aromatic nitrogens is 3. The molecule has 1 atom stereocenters. The number of carbonyl (C=O) groups is 2. The van der Waals surface area contributed by atoms with Crippen LogP contribution in [0.2, 0.25) is 0 Å². The molecule has 6 nitrogen and oxygen atoms in total. The smallest absolute Gasteiger partial charge is 0.231 e. The molecule has 0 unspecified atom stereocenters. The molecule has 3 aromatic rings. The highest BCUT2D eigenvalue weighted by molar-refractivity contribution is 7.99. The molecule has 1 aromatic heterocycles. The number of amides is 1. The van der Waals surface area contributed by atoms with E-state index in [-0.39, 0.29) is 22.9 Å². The lowest BCUT2D eigenvalue weighted by atomic mass is 9.87. The van der Waals surface area contributed by atoms with Gasteiger partial charge in [-0.15, -0.1) is 10.2 Å². The number of hydrogen-bond donors (Lipinski definition) is 1. The summed E-state index contributed by atoms with van der Waals surface area (Å²) in [6.45, 7) is 8.04. The first-order valence-electron chi connectivity index (χ1n) is 10.6. The number of carbonyl (C=O) groups excluding carboxylic acids is 2. The third kappa shape index (κ3) is 6.07. The van der Waals surface area contributed by atoms with Crippen LogP contribution in [0.3, 0.4) is 0 Å². The van der Waals surface area contributed by atoms with E-state index in [1.54, 1.807) is 0 Å². The first kappa shape index (κ1) is 23.7. The van der Waals surface area contributed by atoms with E-state index in [1.165, 1.54) is 24.2 Å². The van der Waals surface area contributed by atoms with Crippen molar-refractivity contribution < 1.29 is 9.59 Å². The molecule has 0 aliphatic carbocycles. The molecule has 0 aliphatic heterocycles. The molecule has 1 amide bonds. The van der Waals surface area contributed by atoms with Crippen molar-refractivity contribution in [2.24, 2.45) is 7.05 Å². The van der Waals surface area contributed by atoms with E-state index in [0.29, 0.717) is 11.6 Å². The van der Waals surface area contributed by atoms with E-state index in [4.69, 9.17) is 0 Å². The van der Waals surface area contributed by atoms with Crippen molar-refractivity contribution >= 4 is 23.5 Å². The Bertz CT molecular complexity index is 1070. The molecule has 2 aromatic carbocycles. The third-order valence-electron chi connectivity index (χ3n) is 5.28. The van der Waals surface area contributed by atoms with Crippen molar-refractivity contribution in [3.05, 3.63) is 65.7 Å². The second-order valence-corrected chi connectivity index (χ2v) is 9.84. The fourth-order valence-electron chi connectivity index (χ4n) is 3.32. The minimum absolute atomic E-state index is 0.0631. The molecule has 0 aliphatic rings. The van der Waals surface area contributed by atoms with Gasteiger partial charge in [0.25, 0.3) is 0 Å². The number of ketones is 1. The number of benzene rings is 2. The van der Waals surface area contributed by atoms with E-state index in [0.717, 1.165) is 17.0 Å². The summed E-state index contributed by atoms with van der Waals surface area (Å²) in [5.41, 5.74) is 3.33. The van der Waals surface area contributed by atoms with Crippen LogP contribution in [0, 0.1) is 0 Å². The van der Waals surface area contributed by atoms with E-state index in [9.17, 15) is 9.59 Å². The van der Waals surface area contributed by atoms with Crippen molar-refractivity contribution in [1.29, 1.82) is 0 Å². The Morgan fingerprint density at radius 3 is 2.28 bits per heavy atom. The molecule has 3 rings (SSSR count). The van der Waals surface area contributed by atoms with Gasteiger partial charge in [0.2, 0.25) is 5.91 Å². The average molecular weight is 451 g/mol. The van der Waals surface area contributed by atoms with Crippen LogP contribution < -0.4 is 5.32 Å². The maximum atomic E-state index is 12.5. The molecule has 7 heteroatoms. The van der Waals surface area contributed by atoms with Crippen molar-refractivity contribution in [2.45, 2.75) is 50.7 Å². The number of hydrogen-bond acceptors (Lipinski definition) is 5. The highest BCUT2D eigenvalue weighted by atomic mass is 32.2. The lowest BCUT2D eigenvalue weighted by molar-refractivity contribution is -0.125. The van der Waals surface area contributed by atoms with Crippen molar-refractivity contribution in [3.8, 4) is 11.4 Å². The van der Waals surface area contributed by atoms with Crippen molar-refractivity contribution in [2.75, 3.05) is 5.75 Å². The van der Waals surface area contributed by atoms with Gasteiger partial charge in [0.1, 0.15) is 0 Å². The zero-order valence-electron chi connectivity index (χ0n) is 19.3. The van der Waals surface area contributed by atoms with Gasteiger partial charge in [-0.3, -0.25) is 9.59 Å². The molecule has 0 saturated heterocycles. The summed E-state index contributed by atoms with van der Waals surface area (Å²) in [6.07, 6.45) is 0.477. The average Bonchev–Trinajstić information content (AvgIpc) is 3.12. The van der Waals surface area contributed by atoms with Crippen LogP contribution in [0.15, 0.2) is 59.8 Å². The minimum atomic E-state index is -0.540. The second-order valence-electron chi connectivity index (χ2n) is 8.90. The lowest BCUT2D eigenvalue weighted by Crippen LogP contribution is -2.42. The first-order chi connectivity index (χ1) is 15.1. The minimum Gasteiger partial charge on any atom is -0.345 e. The number of Topliss-reactive ketones (excluding diaryl/α,β-unsaturated/α-hetero) is 1. The van der Waals surface area contributed by atoms with E-state index < -0.39 is 6.04 Å². The summed E-state index contributed by atoms with van der Waals surface area (Å²) in [4.78, 5) is 24.5. The maximum absolute atomic E-state index is 12.5. The zero-order chi connectivity index (χ0) is 23.3. The number of rotatable bonds is 8. The monoisotopic (exact) mass is 450 g/mol. The van der Waals surface area contributed by atoms with Gasteiger partial charge in [0.05, 0.1) is 11.8 Å². The van der Waals surface area contributed by atoms with Gasteiger partial charge in [0.15, 0.2) is 16.8 Å². The Hall–Kier alpha value is -2.93. The summed E-state index contributed by atoms with van der Waals surface area (Å²) in [6, 6.07) is 17.5. The molecule has 0 saturated carbocycles. The predicted molar refractivity (Wildman–Crippen MR) is 129 cm³/mol. The molecule has 32 heavy (non-hydrogen) atoms. The molecule has 168 valence electrons. The van der Waals surface area contributed by atoms with E-state index >= 15 is 0 Å². The van der Waals surface area contributed by atoms with E-state index in [1.807, 2.05) is 54.1 Å². The highest BCUT2D eigenvalue weighted by Crippen LogP contribution is 2.27. The van der Waals surface area contributed by atoms with Crippen LogP contribution in [0.1, 0.15) is 38.8 Å². The molecule has 1 heterocycles. The van der Waals surface area contributed by atoms with Crippen LogP contribution in [0.5, 0.6) is 0 Å². The van der Waals surface area contributed by atoms with Gasteiger partial charge >= 0.3 is 0 Å². The quantitative estimate of drug-likeness (QED) is 0.521. The zero-order valence-corrected chi connectivity index (χ0v) is 20.1.